The van der Waals surface area contributed by atoms with Crippen molar-refractivity contribution in [2.45, 2.75) is 32.4 Å². The Morgan fingerprint density at radius 1 is 1.44 bits per heavy atom. The topological polar surface area (TPSA) is 116 Å². The molecular weight excluding hydrogens is 326 g/mol. The summed E-state index contributed by atoms with van der Waals surface area (Å²) in [6, 6.07) is 0. The van der Waals surface area contributed by atoms with Gasteiger partial charge in [-0.05, 0) is 27.8 Å². The van der Waals surface area contributed by atoms with E-state index in [1.807, 2.05) is 25.8 Å². The molecule has 2 aliphatic rings. The minimum Gasteiger partial charge on any atom is -0.450 e. The number of ether oxygens (including phenoxy) is 2. The first-order valence-electron chi connectivity index (χ1n) is 8.37. The Balaban J connectivity index is 2.19. The van der Waals surface area contributed by atoms with Crippen molar-refractivity contribution < 1.29 is 19.1 Å². The van der Waals surface area contributed by atoms with Crippen molar-refractivity contribution in [3.63, 3.8) is 0 Å². The first-order valence-corrected chi connectivity index (χ1v) is 8.37. The molecule has 2 rings (SSSR count). The van der Waals surface area contributed by atoms with Gasteiger partial charge < -0.3 is 30.4 Å². The van der Waals surface area contributed by atoms with Crippen LogP contribution in [0.2, 0.25) is 0 Å². The Labute approximate surface area is 147 Å². The predicted octanol–water partition coefficient (Wildman–Crippen LogP) is -0.208. The highest BCUT2D eigenvalue weighted by molar-refractivity contribution is 6.08. The highest BCUT2D eigenvalue weighted by Crippen LogP contribution is 2.20. The molecule has 2 heterocycles. The van der Waals surface area contributed by atoms with E-state index in [-0.39, 0.29) is 18.3 Å². The maximum Gasteiger partial charge on any atom is 0.412 e. The molecule has 2 aliphatic heterocycles. The number of rotatable bonds is 4. The third-order valence-electron chi connectivity index (χ3n) is 4.25. The van der Waals surface area contributed by atoms with Gasteiger partial charge in [-0.3, -0.25) is 10.1 Å². The molecule has 0 spiro atoms. The molecule has 140 valence electrons. The summed E-state index contributed by atoms with van der Waals surface area (Å²) in [6.45, 7) is 7.70. The number of hydrogen-bond acceptors (Lipinski definition) is 7. The van der Waals surface area contributed by atoms with E-state index < -0.39 is 17.7 Å². The molecule has 0 aromatic carbocycles. The molecule has 2 saturated heterocycles. The van der Waals surface area contributed by atoms with Gasteiger partial charge in [-0.1, -0.05) is 0 Å². The molecule has 0 aliphatic carbocycles. The SMILES string of the molecule is CCOC(=O)N/C(NC(=O)C1CN(C)CCO1)=C1/CNC(C)(C)C1=N. The molecule has 1 atom stereocenters. The van der Waals surface area contributed by atoms with Crippen LogP contribution in [0.5, 0.6) is 0 Å². The fourth-order valence-electron chi connectivity index (χ4n) is 2.67. The lowest BCUT2D eigenvalue weighted by Gasteiger charge is -2.29. The van der Waals surface area contributed by atoms with Crippen LogP contribution in [-0.2, 0) is 14.3 Å². The smallest absolute Gasteiger partial charge is 0.412 e. The normalized spacial score (nSPS) is 25.4. The highest BCUT2D eigenvalue weighted by atomic mass is 16.5. The lowest BCUT2D eigenvalue weighted by molar-refractivity contribution is -0.137. The second-order valence-corrected chi connectivity index (χ2v) is 6.66. The minimum atomic E-state index is -0.676. The molecule has 0 saturated carbocycles. The van der Waals surface area contributed by atoms with Gasteiger partial charge in [-0.15, -0.1) is 0 Å². The van der Waals surface area contributed by atoms with Gasteiger partial charge in [0.2, 0.25) is 0 Å². The van der Waals surface area contributed by atoms with Gasteiger partial charge in [0, 0.05) is 25.2 Å². The second kappa shape index (κ2) is 7.94. The zero-order valence-corrected chi connectivity index (χ0v) is 15.2. The summed E-state index contributed by atoms with van der Waals surface area (Å²) in [5, 5.41) is 16.7. The van der Waals surface area contributed by atoms with Crippen molar-refractivity contribution in [3.05, 3.63) is 11.4 Å². The number of likely N-dealkylation sites (N-methyl/N-ethyl adjacent to an activating group) is 1. The van der Waals surface area contributed by atoms with Gasteiger partial charge in [-0.2, -0.15) is 0 Å². The minimum absolute atomic E-state index is 0.170. The maximum absolute atomic E-state index is 12.5. The number of alkyl carbamates (subject to hydrolysis) is 1. The van der Waals surface area contributed by atoms with Crippen LogP contribution in [0.15, 0.2) is 11.4 Å². The van der Waals surface area contributed by atoms with E-state index in [1.165, 1.54) is 0 Å². The van der Waals surface area contributed by atoms with E-state index in [1.54, 1.807) is 6.92 Å². The van der Waals surface area contributed by atoms with Crippen molar-refractivity contribution in [3.8, 4) is 0 Å². The van der Waals surface area contributed by atoms with Crippen LogP contribution in [0.1, 0.15) is 20.8 Å². The van der Waals surface area contributed by atoms with Crippen molar-refractivity contribution >= 4 is 17.7 Å². The zero-order chi connectivity index (χ0) is 18.6. The summed E-state index contributed by atoms with van der Waals surface area (Å²) in [5.74, 6) is -0.188. The van der Waals surface area contributed by atoms with E-state index in [0.717, 1.165) is 6.54 Å². The third kappa shape index (κ3) is 4.77. The van der Waals surface area contributed by atoms with Crippen molar-refractivity contribution in [1.29, 1.82) is 5.41 Å². The van der Waals surface area contributed by atoms with E-state index in [2.05, 4.69) is 16.0 Å². The standard InChI is InChI=1S/C16H27N5O4/c1-5-24-15(23)20-13(10-8-18-16(2,3)12(10)17)19-14(22)11-9-21(4)6-7-25-11/h11,17-18H,5-9H2,1-4H3,(H,19,22)(H,20,23)/b13-10-,17-12?. The lowest BCUT2D eigenvalue weighted by Crippen LogP contribution is -2.50. The zero-order valence-electron chi connectivity index (χ0n) is 15.2. The molecule has 25 heavy (non-hydrogen) atoms. The van der Waals surface area contributed by atoms with Gasteiger partial charge in [0.1, 0.15) is 11.9 Å². The molecule has 0 aromatic heterocycles. The Kier molecular flexibility index (Phi) is 6.15. The summed E-state index contributed by atoms with van der Waals surface area (Å²) in [4.78, 5) is 26.4. The van der Waals surface area contributed by atoms with Crippen LogP contribution in [0.4, 0.5) is 4.79 Å². The number of amides is 2. The predicted molar refractivity (Wildman–Crippen MR) is 92.4 cm³/mol. The van der Waals surface area contributed by atoms with Crippen LogP contribution in [0, 0.1) is 5.41 Å². The molecule has 0 radical (unpaired) electrons. The van der Waals surface area contributed by atoms with E-state index >= 15 is 0 Å². The number of carbonyl (C=O) groups is 2. The number of nitrogens with one attached hydrogen (secondary N) is 4. The quantitative estimate of drug-likeness (QED) is 0.556. The van der Waals surface area contributed by atoms with Crippen LogP contribution in [-0.4, -0.2) is 74.2 Å². The first-order chi connectivity index (χ1) is 11.7. The van der Waals surface area contributed by atoms with Gasteiger partial charge in [-0.25, -0.2) is 4.79 Å². The Morgan fingerprint density at radius 3 is 2.72 bits per heavy atom. The average molecular weight is 353 g/mol. The van der Waals surface area contributed by atoms with Crippen molar-refractivity contribution in [2.24, 2.45) is 0 Å². The van der Waals surface area contributed by atoms with Crippen LogP contribution >= 0.6 is 0 Å². The summed E-state index contributed by atoms with van der Waals surface area (Å²) in [5.41, 5.74) is 0.292. The van der Waals surface area contributed by atoms with Crippen LogP contribution in [0.25, 0.3) is 0 Å². The highest BCUT2D eigenvalue weighted by Gasteiger charge is 2.36. The molecule has 1 unspecified atom stereocenters. The average Bonchev–Trinajstić information content (AvgIpc) is 2.81. The number of hydrogen-bond donors (Lipinski definition) is 4. The Bertz CT molecular complexity index is 587. The fraction of sp³-hybridized carbons (Fsp3) is 0.688. The lowest BCUT2D eigenvalue weighted by atomic mass is 9.98. The molecule has 4 N–H and O–H groups in total. The molecular formula is C16H27N5O4. The van der Waals surface area contributed by atoms with Crippen LogP contribution < -0.4 is 16.0 Å². The third-order valence-corrected chi connectivity index (χ3v) is 4.25. The summed E-state index contributed by atoms with van der Waals surface area (Å²) in [7, 11) is 1.91. The number of morpholine rings is 1. The van der Waals surface area contributed by atoms with E-state index in [9.17, 15) is 9.59 Å². The molecule has 9 heteroatoms. The summed E-state index contributed by atoms with van der Waals surface area (Å²) >= 11 is 0. The Hall–Kier alpha value is -1.97. The fourth-order valence-corrected chi connectivity index (χ4v) is 2.67. The van der Waals surface area contributed by atoms with Gasteiger partial charge >= 0.3 is 6.09 Å². The van der Waals surface area contributed by atoms with Gasteiger partial charge in [0.15, 0.2) is 0 Å². The maximum atomic E-state index is 12.5. The molecule has 0 bridgehead atoms. The molecule has 9 nitrogen and oxygen atoms in total. The Morgan fingerprint density at radius 2 is 2.16 bits per heavy atom. The van der Waals surface area contributed by atoms with E-state index in [0.29, 0.717) is 31.0 Å². The summed E-state index contributed by atoms with van der Waals surface area (Å²) < 4.78 is 10.4. The molecule has 2 amide bonds. The largest absolute Gasteiger partial charge is 0.450 e. The molecule has 2 fully saturated rings. The second-order valence-electron chi connectivity index (χ2n) is 6.66. The van der Waals surface area contributed by atoms with Crippen molar-refractivity contribution in [2.75, 3.05) is 39.9 Å². The summed E-state index contributed by atoms with van der Waals surface area (Å²) in [6.07, 6.45) is -1.31. The molecule has 0 aromatic rings. The number of carbonyl (C=O) groups excluding carboxylic acids is 2. The van der Waals surface area contributed by atoms with E-state index in [4.69, 9.17) is 14.9 Å². The number of nitrogens with zero attached hydrogens (tertiary/aromatic N) is 1. The monoisotopic (exact) mass is 353 g/mol. The van der Waals surface area contributed by atoms with Crippen molar-refractivity contribution in [1.82, 2.24) is 20.9 Å². The first kappa shape index (κ1) is 19.4. The van der Waals surface area contributed by atoms with Crippen LogP contribution in [0.3, 0.4) is 0 Å². The van der Waals surface area contributed by atoms with Gasteiger partial charge in [0.25, 0.3) is 5.91 Å². The van der Waals surface area contributed by atoms with Gasteiger partial charge in [0.05, 0.1) is 24.5 Å².